The molecular weight excluding hydrogens is 184 g/mol. The van der Waals surface area contributed by atoms with Gasteiger partial charge in [0.2, 0.25) is 0 Å². The van der Waals surface area contributed by atoms with E-state index in [1.807, 2.05) is 24.3 Å². The summed E-state index contributed by atoms with van der Waals surface area (Å²) in [6, 6.07) is 16.0. The zero-order chi connectivity index (χ0) is 10.7. The van der Waals surface area contributed by atoms with Crippen LogP contribution in [0.4, 0.5) is 0 Å². The average molecular weight is 196 g/mol. The molecule has 1 unspecified atom stereocenters. The number of nitriles is 1. The molecule has 0 aliphatic carbocycles. The van der Waals surface area contributed by atoms with Crippen LogP contribution in [0.3, 0.4) is 0 Å². The predicted molar refractivity (Wildman–Crippen MR) is 61.2 cm³/mol. The first-order valence-electron chi connectivity index (χ1n) is 4.92. The molecule has 74 valence electrons. The van der Waals surface area contributed by atoms with Gasteiger partial charge in [0.15, 0.2) is 0 Å². The zero-order valence-corrected chi connectivity index (χ0v) is 8.35. The van der Waals surface area contributed by atoms with E-state index in [2.05, 4.69) is 24.3 Å². The van der Waals surface area contributed by atoms with Crippen molar-refractivity contribution in [3.8, 4) is 6.07 Å². The number of rotatable bonds is 2. The van der Waals surface area contributed by atoms with Crippen LogP contribution < -0.4 is 5.73 Å². The monoisotopic (exact) mass is 196 g/mol. The van der Waals surface area contributed by atoms with Crippen LogP contribution in [0, 0.1) is 11.3 Å². The van der Waals surface area contributed by atoms with E-state index < -0.39 is 6.04 Å². The summed E-state index contributed by atoms with van der Waals surface area (Å²) in [5.41, 5.74) is 6.70. The lowest BCUT2D eigenvalue weighted by atomic mass is 10.0. The van der Waals surface area contributed by atoms with Gasteiger partial charge >= 0.3 is 0 Å². The molecule has 0 saturated heterocycles. The summed E-state index contributed by atoms with van der Waals surface area (Å²) < 4.78 is 0. The molecule has 2 nitrogen and oxygen atoms in total. The van der Waals surface area contributed by atoms with Gasteiger partial charge in [-0.15, -0.1) is 0 Å². The van der Waals surface area contributed by atoms with Crippen LogP contribution in [0.2, 0.25) is 0 Å². The second-order valence-corrected chi connectivity index (χ2v) is 3.62. The van der Waals surface area contributed by atoms with Crippen LogP contribution in [-0.4, -0.2) is 6.04 Å². The molecule has 2 heteroatoms. The van der Waals surface area contributed by atoms with Crippen LogP contribution in [0.1, 0.15) is 5.56 Å². The van der Waals surface area contributed by atoms with Crippen molar-refractivity contribution in [3.05, 3.63) is 48.0 Å². The van der Waals surface area contributed by atoms with Crippen LogP contribution in [-0.2, 0) is 6.42 Å². The maximum absolute atomic E-state index is 8.63. The molecule has 0 aliphatic heterocycles. The van der Waals surface area contributed by atoms with Gasteiger partial charge in [-0.25, -0.2) is 0 Å². The molecule has 0 aromatic heterocycles. The van der Waals surface area contributed by atoms with Gasteiger partial charge in [-0.05, 0) is 16.3 Å². The van der Waals surface area contributed by atoms with Crippen LogP contribution in [0.5, 0.6) is 0 Å². The van der Waals surface area contributed by atoms with Crippen molar-refractivity contribution in [2.45, 2.75) is 12.5 Å². The van der Waals surface area contributed by atoms with Gasteiger partial charge in [0.1, 0.15) is 0 Å². The highest BCUT2D eigenvalue weighted by Crippen LogP contribution is 2.16. The third-order valence-corrected chi connectivity index (χ3v) is 2.44. The minimum Gasteiger partial charge on any atom is -0.316 e. The topological polar surface area (TPSA) is 49.8 Å². The van der Waals surface area contributed by atoms with E-state index in [0.29, 0.717) is 6.42 Å². The Morgan fingerprint density at radius 3 is 2.60 bits per heavy atom. The fourth-order valence-electron chi connectivity index (χ4n) is 1.67. The first-order chi connectivity index (χ1) is 7.29. The second kappa shape index (κ2) is 4.12. The van der Waals surface area contributed by atoms with Gasteiger partial charge in [-0.3, -0.25) is 0 Å². The van der Waals surface area contributed by atoms with Crippen molar-refractivity contribution in [1.82, 2.24) is 0 Å². The fraction of sp³-hybridized carbons (Fsp3) is 0.154. The molecule has 0 aliphatic rings. The highest BCUT2D eigenvalue weighted by Gasteiger charge is 2.02. The van der Waals surface area contributed by atoms with Crippen LogP contribution in [0.15, 0.2) is 42.5 Å². The van der Waals surface area contributed by atoms with Gasteiger partial charge in [0, 0.05) is 6.42 Å². The quantitative estimate of drug-likeness (QED) is 0.800. The Morgan fingerprint density at radius 2 is 1.87 bits per heavy atom. The highest BCUT2D eigenvalue weighted by atomic mass is 14.6. The third-order valence-electron chi connectivity index (χ3n) is 2.44. The number of hydrogen-bond donors (Lipinski definition) is 1. The number of nitrogens with zero attached hydrogens (tertiary/aromatic N) is 1. The summed E-state index contributed by atoms with van der Waals surface area (Å²) in [5, 5.41) is 11.0. The van der Waals surface area contributed by atoms with Gasteiger partial charge in [0.25, 0.3) is 0 Å². The van der Waals surface area contributed by atoms with E-state index in [-0.39, 0.29) is 0 Å². The SMILES string of the molecule is N#CC(N)Cc1ccc2ccccc2c1. The number of nitrogens with two attached hydrogens (primary N) is 1. The standard InChI is InChI=1S/C13H12N2/c14-9-13(15)8-10-5-6-11-3-1-2-4-12(11)7-10/h1-7,13H,8,15H2. The van der Waals surface area contributed by atoms with E-state index >= 15 is 0 Å². The van der Waals surface area contributed by atoms with Gasteiger partial charge in [-0.1, -0.05) is 42.5 Å². The van der Waals surface area contributed by atoms with Gasteiger partial charge in [-0.2, -0.15) is 5.26 Å². The Morgan fingerprint density at radius 1 is 1.13 bits per heavy atom. The largest absolute Gasteiger partial charge is 0.316 e. The van der Waals surface area contributed by atoms with E-state index in [1.165, 1.54) is 10.8 Å². The smallest absolute Gasteiger partial charge is 0.0968 e. The minimum absolute atomic E-state index is 0.411. The molecule has 2 aromatic rings. The molecule has 15 heavy (non-hydrogen) atoms. The average Bonchev–Trinajstić information content (AvgIpc) is 2.29. The van der Waals surface area contributed by atoms with Gasteiger partial charge in [0.05, 0.1) is 12.1 Å². The molecule has 0 heterocycles. The fourth-order valence-corrected chi connectivity index (χ4v) is 1.67. The molecular formula is C13H12N2. The number of hydrogen-bond acceptors (Lipinski definition) is 2. The molecule has 1 atom stereocenters. The number of fused-ring (bicyclic) bond motifs is 1. The molecule has 0 fully saturated rings. The van der Waals surface area contributed by atoms with E-state index in [0.717, 1.165) is 5.56 Å². The van der Waals surface area contributed by atoms with Gasteiger partial charge < -0.3 is 5.73 Å². The molecule has 2 rings (SSSR count). The van der Waals surface area contributed by atoms with Crippen molar-refractivity contribution >= 4 is 10.8 Å². The Hall–Kier alpha value is -1.85. The summed E-state index contributed by atoms with van der Waals surface area (Å²) in [7, 11) is 0. The summed E-state index contributed by atoms with van der Waals surface area (Å²) in [6.45, 7) is 0. The van der Waals surface area contributed by atoms with E-state index in [1.54, 1.807) is 0 Å². The van der Waals surface area contributed by atoms with Crippen molar-refractivity contribution in [3.63, 3.8) is 0 Å². The second-order valence-electron chi connectivity index (χ2n) is 3.62. The normalized spacial score (nSPS) is 12.3. The predicted octanol–water partition coefficient (Wildman–Crippen LogP) is 2.23. The first-order valence-corrected chi connectivity index (χ1v) is 4.92. The van der Waals surface area contributed by atoms with E-state index in [4.69, 9.17) is 11.0 Å². The maximum Gasteiger partial charge on any atom is 0.0968 e. The zero-order valence-electron chi connectivity index (χ0n) is 8.35. The maximum atomic E-state index is 8.63. The van der Waals surface area contributed by atoms with Crippen molar-refractivity contribution in [2.24, 2.45) is 5.73 Å². The third kappa shape index (κ3) is 2.15. The molecule has 0 amide bonds. The lowest BCUT2D eigenvalue weighted by Gasteiger charge is -2.04. The summed E-state index contributed by atoms with van der Waals surface area (Å²) in [6.07, 6.45) is 0.612. The molecule has 0 radical (unpaired) electrons. The van der Waals surface area contributed by atoms with E-state index in [9.17, 15) is 0 Å². The summed E-state index contributed by atoms with van der Waals surface area (Å²) in [5.74, 6) is 0. The Kier molecular flexibility index (Phi) is 2.66. The lowest BCUT2D eigenvalue weighted by molar-refractivity contribution is 0.824. The van der Waals surface area contributed by atoms with Crippen LogP contribution >= 0.6 is 0 Å². The molecule has 0 saturated carbocycles. The number of benzene rings is 2. The van der Waals surface area contributed by atoms with Crippen molar-refractivity contribution in [2.75, 3.05) is 0 Å². The Balaban J connectivity index is 2.35. The lowest BCUT2D eigenvalue weighted by Crippen LogP contribution is -2.19. The summed E-state index contributed by atoms with van der Waals surface area (Å²) in [4.78, 5) is 0. The minimum atomic E-state index is -0.411. The molecule has 0 bridgehead atoms. The highest BCUT2D eigenvalue weighted by molar-refractivity contribution is 5.82. The molecule has 2 N–H and O–H groups in total. The Bertz CT molecular complexity index is 511. The Labute approximate surface area is 88.9 Å². The van der Waals surface area contributed by atoms with Crippen molar-refractivity contribution < 1.29 is 0 Å². The summed E-state index contributed by atoms with van der Waals surface area (Å²) >= 11 is 0. The van der Waals surface area contributed by atoms with Crippen LogP contribution in [0.25, 0.3) is 10.8 Å². The molecule has 0 spiro atoms. The van der Waals surface area contributed by atoms with Crippen molar-refractivity contribution in [1.29, 1.82) is 5.26 Å². The molecule has 2 aromatic carbocycles. The first kappa shape index (κ1) is 9.70.